The minimum Gasteiger partial charge on any atom is -0.308 e. The van der Waals surface area contributed by atoms with E-state index in [4.69, 9.17) is 0 Å². The SMILES string of the molecule is O=C(Cn1cccn1)Nc1cc(C2CCCC2)[nH]n1. The Morgan fingerprint density at radius 1 is 1.47 bits per heavy atom. The van der Waals surface area contributed by atoms with E-state index in [9.17, 15) is 4.79 Å². The van der Waals surface area contributed by atoms with E-state index in [0.29, 0.717) is 11.7 Å². The van der Waals surface area contributed by atoms with Crippen molar-refractivity contribution in [2.24, 2.45) is 0 Å². The third-order valence-electron chi connectivity index (χ3n) is 3.52. The maximum atomic E-state index is 11.8. The largest absolute Gasteiger partial charge is 0.308 e. The molecule has 0 atom stereocenters. The summed E-state index contributed by atoms with van der Waals surface area (Å²) in [6.07, 6.45) is 8.40. The summed E-state index contributed by atoms with van der Waals surface area (Å²) in [6.45, 7) is 0.207. The Bertz CT molecular complexity index is 539. The first kappa shape index (κ1) is 12.0. The normalized spacial score (nSPS) is 15.8. The van der Waals surface area contributed by atoms with Gasteiger partial charge in [-0.05, 0) is 18.9 Å². The van der Waals surface area contributed by atoms with Crippen LogP contribution in [0, 0.1) is 0 Å². The monoisotopic (exact) mass is 259 g/mol. The van der Waals surface area contributed by atoms with Crippen LogP contribution in [0.2, 0.25) is 0 Å². The molecule has 6 heteroatoms. The number of rotatable bonds is 4. The molecule has 0 aliphatic heterocycles. The van der Waals surface area contributed by atoms with Crippen molar-refractivity contribution >= 4 is 11.7 Å². The van der Waals surface area contributed by atoms with Crippen molar-refractivity contribution < 1.29 is 4.79 Å². The second kappa shape index (κ2) is 5.26. The van der Waals surface area contributed by atoms with Crippen LogP contribution in [0.15, 0.2) is 24.5 Å². The summed E-state index contributed by atoms with van der Waals surface area (Å²) in [7, 11) is 0. The van der Waals surface area contributed by atoms with Gasteiger partial charge in [0.05, 0.1) is 0 Å². The van der Waals surface area contributed by atoms with Gasteiger partial charge < -0.3 is 5.32 Å². The maximum Gasteiger partial charge on any atom is 0.247 e. The highest BCUT2D eigenvalue weighted by molar-refractivity contribution is 5.89. The fraction of sp³-hybridized carbons (Fsp3) is 0.462. The van der Waals surface area contributed by atoms with E-state index >= 15 is 0 Å². The molecule has 0 unspecified atom stereocenters. The molecule has 0 radical (unpaired) electrons. The molecule has 0 bridgehead atoms. The van der Waals surface area contributed by atoms with Crippen molar-refractivity contribution in [2.75, 3.05) is 5.32 Å². The third-order valence-corrected chi connectivity index (χ3v) is 3.52. The molecule has 2 N–H and O–H groups in total. The van der Waals surface area contributed by atoms with E-state index in [-0.39, 0.29) is 12.5 Å². The van der Waals surface area contributed by atoms with Crippen molar-refractivity contribution in [3.63, 3.8) is 0 Å². The van der Waals surface area contributed by atoms with Gasteiger partial charge in [0.1, 0.15) is 6.54 Å². The van der Waals surface area contributed by atoms with Crippen LogP contribution >= 0.6 is 0 Å². The molecule has 0 saturated heterocycles. The number of hydrogen-bond acceptors (Lipinski definition) is 3. The molecule has 1 fully saturated rings. The highest BCUT2D eigenvalue weighted by Gasteiger charge is 2.19. The summed E-state index contributed by atoms with van der Waals surface area (Å²) >= 11 is 0. The molecule has 0 aromatic carbocycles. The lowest BCUT2D eigenvalue weighted by Gasteiger charge is -2.03. The summed E-state index contributed by atoms with van der Waals surface area (Å²) in [4.78, 5) is 11.8. The molecule has 2 heterocycles. The van der Waals surface area contributed by atoms with Crippen LogP contribution in [-0.2, 0) is 11.3 Å². The van der Waals surface area contributed by atoms with Crippen LogP contribution < -0.4 is 5.32 Å². The van der Waals surface area contributed by atoms with E-state index in [2.05, 4.69) is 20.6 Å². The molecule has 3 rings (SSSR count). The average Bonchev–Trinajstić information content (AvgIpc) is 3.09. The minimum atomic E-state index is -0.117. The van der Waals surface area contributed by atoms with Gasteiger partial charge >= 0.3 is 0 Å². The lowest BCUT2D eigenvalue weighted by Crippen LogP contribution is -2.19. The Labute approximate surface area is 111 Å². The Balaban J connectivity index is 1.59. The highest BCUT2D eigenvalue weighted by Crippen LogP contribution is 2.33. The van der Waals surface area contributed by atoms with Gasteiger partial charge in [-0.2, -0.15) is 10.2 Å². The van der Waals surface area contributed by atoms with E-state index in [0.717, 1.165) is 5.69 Å². The van der Waals surface area contributed by atoms with Crippen molar-refractivity contribution in [2.45, 2.75) is 38.1 Å². The first-order valence-electron chi connectivity index (χ1n) is 6.64. The summed E-state index contributed by atoms with van der Waals surface area (Å²) in [5.74, 6) is 1.05. The number of aromatic nitrogens is 4. The van der Waals surface area contributed by atoms with Gasteiger partial charge in [-0.15, -0.1) is 0 Å². The smallest absolute Gasteiger partial charge is 0.247 e. The van der Waals surface area contributed by atoms with E-state index in [1.807, 2.05) is 6.07 Å². The van der Waals surface area contributed by atoms with Crippen molar-refractivity contribution in [1.29, 1.82) is 0 Å². The molecule has 19 heavy (non-hydrogen) atoms. The number of hydrogen-bond donors (Lipinski definition) is 2. The van der Waals surface area contributed by atoms with Gasteiger partial charge in [0.25, 0.3) is 0 Å². The van der Waals surface area contributed by atoms with Crippen LogP contribution in [-0.4, -0.2) is 25.9 Å². The van der Waals surface area contributed by atoms with Crippen LogP contribution in [0.5, 0.6) is 0 Å². The Hall–Kier alpha value is -2.11. The molecule has 1 aliphatic carbocycles. The number of H-pyrrole nitrogens is 1. The van der Waals surface area contributed by atoms with Gasteiger partial charge in [-0.25, -0.2) is 0 Å². The number of nitrogens with zero attached hydrogens (tertiary/aromatic N) is 3. The van der Waals surface area contributed by atoms with Crippen LogP contribution in [0.3, 0.4) is 0 Å². The lowest BCUT2D eigenvalue weighted by molar-refractivity contribution is -0.116. The Morgan fingerprint density at radius 2 is 2.32 bits per heavy atom. The van der Waals surface area contributed by atoms with Gasteiger partial charge in [-0.3, -0.25) is 14.6 Å². The Morgan fingerprint density at radius 3 is 3.05 bits per heavy atom. The molecule has 0 spiro atoms. The zero-order chi connectivity index (χ0) is 13.1. The van der Waals surface area contributed by atoms with Crippen molar-refractivity contribution in [3.8, 4) is 0 Å². The van der Waals surface area contributed by atoms with Crippen LogP contribution in [0.25, 0.3) is 0 Å². The number of carbonyl (C=O) groups is 1. The molecule has 100 valence electrons. The van der Waals surface area contributed by atoms with Gasteiger partial charge in [0.2, 0.25) is 5.91 Å². The quantitative estimate of drug-likeness (QED) is 0.880. The van der Waals surface area contributed by atoms with Gasteiger partial charge in [0, 0.05) is 30.1 Å². The number of anilines is 1. The maximum absolute atomic E-state index is 11.8. The fourth-order valence-corrected chi connectivity index (χ4v) is 2.57. The van der Waals surface area contributed by atoms with E-state index in [1.165, 1.54) is 25.7 Å². The topological polar surface area (TPSA) is 75.6 Å². The van der Waals surface area contributed by atoms with Crippen LogP contribution in [0.1, 0.15) is 37.3 Å². The fourth-order valence-electron chi connectivity index (χ4n) is 2.57. The molecular formula is C13H17N5O. The zero-order valence-electron chi connectivity index (χ0n) is 10.7. The summed E-state index contributed by atoms with van der Waals surface area (Å²) < 4.78 is 1.58. The average molecular weight is 259 g/mol. The molecule has 6 nitrogen and oxygen atoms in total. The first-order chi connectivity index (χ1) is 9.31. The first-order valence-corrected chi connectivity index (χ1v) is 6.64. The lowest BCUT2D eigenvalue weighted by atomic mass is 10.0. The molecule has 2 aromatic heterocycles. The van der Waals surface area contributed by atoms with Gasteiger partial charge in [-0.1, -0.05) is 12.8 Å². The van der Waals surface area contributed by atoms with Gasteiger partial charge in [0.15, 0.2) is 5.82 Å². The molecule has 2 aromatic rings. The van der Waals surface area contributed by atoms with Crippen LogP contribution in [0.4, 0.5) is 5.82 Å². The second-order valence-electron chi connectivity index (χ2n) is 4.94. The Kier molecular flexibility index (Phi) is 3.31. The van der Waals surface area contributed by atoms with Crippen molar-refractivity contribution in [1.82, 2.24) is 20.0 Å². The molecule has 1 amide bonds. The predicted octanol–water partition coefficient (Wildman–Crippen LogP) is 1.90. The van der Waals surface area contributed by atoms with E-state index in [1.54, 1.807) is 23.1 Å². The zero-order valence-corrected chi connectivity index (χ0v) is 10.7. The molecule has 1 saturated carbocycles. The number of amides is 1. The minimum absolute atomic E-state index is 0.117. The number of carbonyl (C=O) groups excluding carboxylic acids is 1. The summed E-state index contributed by atoms with van der Waals surface area (Å²) in [5.41, 5.74) is 1.13. The van der Waals surface area contributed by atoms with E-state index < -0.39 is 0 Å². The highest BCUT2D eigenvalue weighted by atomic mass is 16.2. The summed E-state index contributed by atoms with van der Waals surface area (Å²) in [6, 6.07) is 3.73. The van der Waals surface area contributed by atoms with Crippen molar-refractivity contribution in [3.05, 3.63) is 30.2 Å². The third kappa shape index (κ3) is 2.83. The molecule has 1 aliphatic rings. The predicted molar refractivity (Wildman–Crippen MR) is 70.7 cm³/mol. The second-order valence-corrected chi connectivity index (χ2v) is 4.94. The molecular weight excluding hydrogens is 242 g/mol. The number of nitrogens with one attached hydrogen (secondary N) is 2. The number of aromatic amines is 1. The summed E-state index contributed by atoms with van der Waals surface area (Å²) in [5, 5.41) is 13.9. The standard InChI is InChI=1S/C13H17N5O/c19-13(9-18-7-3-6-14-18)15-12-8-11(16-17-12)10-4-1-2-5-10/h3,6-8,10H,1-2,4-5,9H2,(H2,15,16,17,19).